The lowest BCUT2D eigenvalue weighted by atomic mass is 10.0. The van der Waals surface area contributed by atoms with Gasteiger partial charge in [0, 0.05) is 17.3 Å². The van der Waals surface area contributed by atoms with Crippen molar-refractivity contribution in [3.8, 4) is 0 Å². The van der Waals surface area contributed by atoms with E-state index in [1.807, 2.05) is 0 Å². The third-order valence-electron chi connectivity index (χ3n) is 3.05. The summed E-state index contributed by atoms with van der Waals surface area (Å²) in [6.45, 7) is 9.30. The summed E-state index contributed by atoms with van der Waals surface area (Å²) in [6.07, 6.45) is 4.03. The van der Waals surface area contributed by atoms with Crippen molar-refractivity contribution in [3.63, 3.8) is 0 Å². The van der Waals surface area contributed by atoms with Gasteiger partial charge in [-0.05, 0) is 37.9 Å². The van der Waals surface area contributed by atoms with Crippen LogP contribution in [0.1, 0.15) is 47.0 Å². The number of hydrogen-bond acceptors (Lipinski definition) is 2. The standard InChI is InChI=1S/C12H25NS/c1-9(2)5-6-10(3)13-12-7-8-14-11(12)4/h9-13H,5-8H2,1-4H3. The van der Waals surface area contributed by atoms with Crippen molar-refractivity contribution in [3.05, 3.63) is 0 Å². The minimum Gasteiger partial charge on any atom is -0.310 e. The number of hydrogen-bond donors (Lipinski definition) is 1. The summed E-state index contributed by atoms with van der Waals surface area (Å²) in [7, 11) is 0. The molecule has 1 heterocycles. The first-order chi connectivity index (χ1) is 6.59. The SMILES string of the molecule is CC(C)CCC(C)NC1CCSC1C. The molecule has 1 nitrogen and oxygen atoms in total. The molecule has 0 radical (unpaired) electrons. The molecule has 14 heavy (non-hydrogen) atoms. The maximum Gasteiger partial charge on any atom is 0.0194 e. The van der Waals surface area contributed by atoms with Crippen LogP contribution in [-0.4, -0.2) is 23.1 Å². The second-order valence-corrected chi connectivity index (χ2v) is 6.50. The van der Waals surface area contributed by atoms with Crippen molar-refractivity contribution in [2.24, 2.45) is 5.92 Å². The first-order valence-electron chi connectivity index (χ1n) is 5.97. The lowest BCUT2D eigenvalue weighted by Gasteiger charge is -2.22. The third kappa shape index (κ3) is 4.22. The van der Waals surface area contributed by atoms with Crippen LogP contribution < -0.4 is 5.32 Å². The molecule has 0 spiro atoms. The highest BCUT2D eigenvalue weighted by molar-refractivity contribution is 8.00. The van der Waals surface area contributed by atoms with E-state index >= 15 is 0 Å². The molecular weight excluding hydrogens is 190 g/mol. The molecule has 1 fully saturated rings. The Bertz CT molecular complexity index is 158. The van der Waals surface area contributed by atoms with Crippen molar-refractivity contribution >= 4 is 11.8 Å². The first-order valence-corrected chi connectivity index (χ1v) is 7.02. The lowest BCUT2D eigenvalue weighted by molar-refractivity contribution is 0.398. The van der Waals surface area contributed by atoms with E-state index in [1.165, 1.54) is 25.0 Å². The van der Waals surface area contributed by atoms with Crippen LogP contribution in [0.15, 0.2) is 0 Å². The summed E-state index contributed by atoms with van der Waals surface area (Å²) in [5, 5.41) is 4.58. The van der Waals surface area contributed by atoms with E-state index in [9.17, 15) is 0 Å². The van der Waals surface area contributed by atoms with Crippen LogP contribution in [0.5, 0.6) is 0 Å². The van der Waals surface area contributed by atoms with Gasteiger partial charge in [-0.2, -0.15) is 11.8 Å². The second kappa shape index (κ2) is 6.02. The van der Waals surface area contributed by atoms with Crippen molar-refractivity contribution in [2.45, 2.75) is 64.3 Å². The predicted molar refractivity (Wildman–Crippen MR) is 67.0 cm³/mol. The topological polar surface area (TPSA) is 12.0 Å². The molecule has 0 aromatic heterocycles. The second-order valence-electron chi connectivity index (χ2n) is 5.01. The Morgan fingerprint density at radius 1 is 1.29 bits per heavy atom. The summed E-state index contributed by atoms with van der Waals surface area (Å²) >= 11 is 2.11. The van der Waals surface area contributed by atoms with E-state index in [0.29, 0.717) is 6.04 Å². The minimum atomic E-state index is 0.698. The van der Waals surface area contributed by atoms with Gasteiger partial charge in [-0.3, -0.25) is 0 Å². The zero-order chi connectivity index (χ0) is 10.6. The zero-order valence-electron chi connectivity index (χ0n) is 10.0. The molecule has 1 saturated heterocycles. The molecule has 0 amide bonds. The molecule has 84 valence electrons. The van der Waals surface area contributed by atoms with Gasteiger partial charge in [-0.1, -0.05) is 20.8 Å². The largest absolute Gasteiger partial charge is 0.310 e. The van der Waals surface area contributed by atoms with Gasteiger partial charge in [0.05, 0.1) is 0 Å². The smallest absolute Gasteiger partial charge is 0.0194 e. The average Bonchev–Trinajstić information content (AvgIpc) is 2.49. The third-order valence-corrected chi connectivity index (χ3v) is 4.38. The average molecular weight is 215 g/mol. The molecule has 0 aromatic rings. The molecule has 3 unspecified atom stereocenters. The molecular formula is C12H25NS. The van der Waals surface area contributed by atoms with E-state index in [0.717, 1.165) is 17.2 Å². The van der Waals surface area contributed by atoms with E-state index in [2.05, 4.69) is 44.8 Å². The summed E-state index contributed by atoms with van der Waals surface area (Å²) in [6, 6.07) is 1.46. The molecule has 1 N–H and O–H groups in total. The highest BCUT2D eigenvalue weighted by Gasteiger charge is 2.24. The molecule has 2 heteroatoms. The van der Waals surface area contributed by atoms with Crippen molar-refractivity contribution in [1.82, 2.24) is 5.32 Å². The van der Waals surface area contributed by atoms with Crippen LogP contribution in [0, 0.1) is 5.92 Å². The fourth-order valence-corrected chi connectivity index (χ4v) is 3.19. The Morgan fingerprint density at radius 3 is 2.50 bits per heavy atom. The molecule has 0 aliphatic carbocycles. The predicted octanol–water partition coefficient (Wildman–Crippen LogP) is 3.29. The van der Waals surface area contributed by atoms with Gasteiger partial charge in [-0.25, -0.2) is 0 Å². The van der Waals surface area contributed by atoms with E-state index in [4.69, 9.17) is 0 Å². The Balaban J connectivity index is 2.16. The first kappa shape index (κ1) is 12.4. The van der Waals surface area contributed by atoms with Gasteiger partial charge >= 0.3 is 0 Å². The summed E-state index contributed by atoms with van der Waals surface area (Å²) < 4.78 is 0. The molecule has 1 aliphatic rings. The number of rotatable bonds is 5. The summed E-state index contributed by atoms with van der Waals surface area (Å²) in [4.78, 5) is 0. The van der Waals surface area contributed by atoms with Crippen molar-refractivity contribution in [1.29, 1.82) is 0 Å². The minimum absolute atomic E-state index is 0.698. The Morgan fingerprint density at radius 2 is 2.00 bits per heavy atom. The van der Waals surface area contributed by atoms with Crippen LogP contribution in [0.4, 0.5) is 0 Å². The Hall–Kier alpha value is 0.310. The van der Waals surface area contributed by atoms with Gasteiger partial charge in [0.2, 0.25) is 0 Å². The monoisotopic (exact) mass is 215 g/mol. The lowest BCUT2D eigenvalue weighted by Crippen LogP contribution is -2.39. The molecule has 0 bridgehead atoms. The Kier molecular flexibility index (Phi) is 5.32. The van der Waals surface area contributed by atoms with Crippen LogP contribution >= 0.6 is 11.8 Å². The van der Waals surface area contributed by atoms with Gasteiger partial charge in [0.25, 0.3) is 0 Å². The maximum atomic E-state index is 3.76. The fourth-order valence-electron chi connectivity index (χ4n) is 1.98. The van der Waals surface area contributed by atoms with Crippen molar-refractivity contribution in [2.75, 3.05) is 5.75 Å². The normalized spacial score (nSPS) is 29.8. The maximum absolute atomic E-state index is 3.76. The quantitative estimate of drug-likeness (QED) is 0.755. The Labute approximate surface area is 93.4 Å². The van der Waals surface area contributed by atoms with Crippen LogP contribution in [0.3, 0.4) is 0 Å². The van der Waals surface area contributed by atoms with Crippen molar-refractivity contribution < 1.29 is 0 Å². The molecule has 0 aromatic carbocycles. The molecule has 3 atom stereocenters. The fraction of sp³-hybridized carbons (Fsp3) is 1.00. The van der Waals surface area contributed by atoms with E-state index in [1.54, 1.807) is 0 Å². The van der Waals surface area contributed by atoms with E-state index in [-0.39, 0.29) is 0 Å². The zero-order valence-corrected chi connectivity index (χ0v) is 10.9. The van der Waals surface area contributed by atoms with Crippen LogP contribution in [-0.2, 0) is 0 Å². The molecule has 1 aliphatic heterocycles. The van der Waals surface area contributed by atoms with Crippen LogP contribution in [0.2, 0.25) is 0 Å². The van der Waals surface area contributed by atoms with Crippen LogP contribution in [0.25, 0.3) is 0 Å². The van der Waals surface area contributed by atoms with Gasteiger partial charge in [0.1, 0.15) is 0 Å². The highest BCUT2D eigenvalue weighted by atomic mass is 32.2. The van der Waals surface area contributed by atoms with Gasteiger partial charge in [-0.15, -0.1) is 0 Å². The highest BCUT2D eigenvalue weighted by Crippen LogP contribution is 2.26. The van der Waals surface area contributed by atoms with E-state index < -0.39 is 0 Å². The summed E-state index contributed by atoms with van der Waals surface area (Å²) in [5.74, 6) is 2.19. The molecule has 1 rings (SSSR count). The molecule has 0 saturated carbocycles. The van der Waals surface area contributed by atoms with Gasteiger partial charge < -0.3 is 5.32 Å². The number of nitrogens with one attached hydrogen (secondary N) is 1. The summed E-state index contributed by atoms with van der Waals surface area (Å²) in [5.41, 5.74) is 0. The number of thioether (sulfide) groups is 1. The van der Waals surface area contributed by atoms with Gasteiger partial charge in [0.15, 0.2) is 0 Å².